The van der Waals surface area contributed by atoms with E-state index in [1.165, 1.54) is 17.7 Å². The zero-order valence-corrected chi connectivity index (χ0v) is 13.9. The Hall–Kier alpha value is -2.45. The van der Waals surface area contributed by atoms with E-state index in [1.54, 1.807) is 35.7 Å². The lowest BCUT2D eigenvalue weighted by molar-refractivity contribution is 0.603. The zero-order valence-electron chi connectivity index (χ0n) is 12.2. The molecule has 0 saturated heterocycles. The number of benzene rings is 1. The highest BCUT2D eigenvalue weighted by atomic mass is 32.2. The van der Waals surface area contributed by atoms with Crippen LogP contribution in [0.5, 0.6) is 0 Å². The number of aryl methyl sites for hydroxylation is 1. The number of nitrogens with zero attached hydrogens (tertiary/aromatic N) is 2. The summed E-state index contributed by atoms with van der Waals surface area (Å²) >= 11 is 1.17. The SMILES string of the molecule is Cc1cc(Nc2cccc(NS(=O)(=O)c3cccs3)c2)ncn1. The van der Waals surface area contributed by atoms with E-state index in [9.17, 15) is 8.42 Å². The van der Waals surface area contributed by atoms with Gasteiger partial charge in [0.25, 0.3) is 10.0 Å². The molecule has 0 aliphatic heterocycles. The first-order valence-electron chi connectivity index (χ1n) is 6.75. The number of anilines is 3. The molecule has 6 nitrogen and oxygen atoms in total. The van der Waals surface area contributed by atoms with Gasteiger partial charge in [-0.25, -0.2) is 18.4 Å². The maximum absolute atomic E-state index is 12.2. The Bertz CT molecular complexity index is 909. The van der Waals surface area contributed by atoms with Gasteiger partial charge in [-0.15, -0.1) is 11.3 Å². The van der Waals surface area contributed by atoms with Crippen molar-refractivity contribution in [3.63, 3.8) is 0 Å². The second kappa shape index (κ2) is 6.35. The lowest BCUT2D eigenvalue weighted by Gasteiger charge is -2.10. The Kier molecular flexibility index (Phi) is 4.26. The summed E-state index contributed by atoms with van der Waals surface area (Å²) < 4.78 is 27.3. The van der Waals surface area contributed by atoms with Crippen molar-refractivity contribution in [1.29, 1.82) is 0 Å². The minimum Gasteiger partial charge on any atom is -0.340 e. The second-order valence-electron chi connectivity index (χ2n) is 4.79. The number of hydrogen-bond acceptors (Lipinski definition) is 6. The van der Waals surface area contributed by atoms with Crippen molar-refractivity contribution in [1.82, 2.24) is 9.97 Å². The predicted molar refractivity (Wildman–Crippen MR) is 91.6 cm³/mol. The van der Waals surface area contributed by atoms with Crippen LogP contribution in [-0.2, 0) is 10.0 Å². The molecule has 0 aliphatic carbocycles. The van der Waals surface area contributed by atoms with Gasteiger partial charge < -0.3 is 5.32 Å². The van der Waals surface area contributed by atoms with Crippen molar-refractivity contribution >= 4 is 38.6 Å². The van der Waals surface area contributed by atoms with Crippen LogP contribution in [0.1, 0.15) is 5.69 Å². The van der Waals surface area contributed by atoms with Gasteiger partial charge in [0.1, 0.15) is 16.4 Å². The molecule has 0 spiro atoms. The van der Waals surface area contributed by atoms with Crippen LogP contribution in [0, 0.1) is 6.92 Å². The van der Waals surface area contributed by atoms with Crippen molar-refractivity contribution in [3.8, 4) is 0 Å². The molecule has 0 atom stereocenters. The Morgan fingerprint density at radius 2 is 1.87 bits per heavy atom. The average Bonchev–Trinajstić information content (AvgIpc) is 3.02. The van der Waals surface area contributed by atoms with E-state index in [4.69, 9.17) is 0 Å². The van der Waals surface area contributed by atoms with E-state index in [0.29, 0.717) is 11.5 Å². The molecule has 3 rings (SSSR count). The topological polar surface area (TPSA) is 84.0 Å². The smallest absolute Gasteiger partial charge is 0.271 e. The molecule has 2 heterocycles. The minimum absolute atomic E-state index is 0.280. The van der Waals surface area contributed by atoms with Crippen LogP contribution in [0.15, 0.2) is 58.4 Å². The van der Waals surface area contributed by atoms with Crippen LogP contribution in [0.3, 0.4) is 0 Å². The largest absolute Gasteiger partial charge is 0.340 e. The predicted octanol–water partition coefficient (Wildman–Crippen LogP) is 3.39. The Balaban J connectivity index is 1.80. The summed E-state index contributed by atoms with van der Waals surface area (Å²) in [7, 11) is -3.55. The highest BCUT2D eigenvalue weighted by molar-refractivity contribution is 7.94. The molecule has 0 unspecified atom stereocenters. The van der Waals surface area contributed by atoms with Gasteiger partial charge in [-0.3, -0.25) is 4.72 Å². The van der Waals surface area contributed by atoms with E-state index < -0.39 is 10.0 Å². The summed E-state index contributed by atoms with van der Waals surface area (Å²) in [5.41, 5.74) is 2.06. The molecule has 2 N–H and O–H groups in total. The van der Waals surface area contributed by atoms with Crippen molar-refractivity contribution in [3.05, 3.63) is 59.9 Å². The van der Waals surface area contributed by atoms with E-state index in [2.05, 4.69) is 20.0 Å². The first-order chi connectivity index (χ1) is 11.0. The minimum atomic E-state index is -3.55. The van der Waals surface area contributed by atoms with Gasteiger partial charge in [0.05, 0.1) is 5.69 Å². The zero-order chi connectivity index (χ0) is 16.3. The van der Waals surface area contributed by atoms with Crippen molar-refractivity contribution in [2.24, 2.45) is 0 Å². The van der Waals surface area contributed by atoms with Gasteiger partial charge in [0, 0.05) is 17.4 Å². The summed E-state index contributed by atoms with van der Waals surface area (Å²) in [6, 6.07) is 12.1. The van der Waals surface area contributed by atoms with Gasteiger partial charge in [0.15, 0.2) is 0 Å². The first-order valence-corrected chi connectivity index (χ1v) is 9.11. The van der Waals surface area contributed by atoms with E-state index >= 15 is 0 Å². The van der Waals surface area contributed by atoms with Crippen molar-refractivity contribution < 1.29 is 8.42 Å². The van der Waals surface area contributed by atoms with E-state index in [0.717, 1.165) is 11.4 Å². The molecule has 23 heavy (non-hydrogen) atoms. The van der Waals surface area contributed by atoms with Gasteiger partial charge in [0.2, 0.25) is 0 Å². The van der Waals surface area contributed by atoms with Gasteiger partial charge in [-0.2, -0.15) is 0 Å². The first kappa shape index (κ1) is 15.4. The molecule has 118 valence electrons. The fourth-order valence-electron chi connectivity index (χ4n) is 1.95. The van der Waals surface area contributed by atoms with Crippen LogP contribution >= 0.6 is 11.3 Å². The van der Waals surface area contributed by atoms with Crippen LogP contribution < -0.4 is 10.0 Å². The molecule has 1 aromatic carbocycles. The van der Waals surface area contributed by atoms with Gasteiger partial charge in [-0.1, -0.05) is 12.1 Å². The number of rotatable bonds is 5. The van der Waals surface area contributed by atoms with E-state index in [1.807, 2.05) is 19.1 Å². The number of hydrogen-bond donors (Lipinski definition) is 2. The van der Waals surface area contributed by atoms with Crippen LogP contribution in [0.4, 0.5) is 17.2 Å². The Labute approximate surface area is 138 Å². The normalized spacial score (nSPS) is 11.2. The quantitative estimate of drug-likeness (QED) is 0.740. The Morgan fingerprint density at radius 1 is 1.04 bits per heavy atom. The summed E-state index contributed by atoms with van der Waals surface area (Å²) in [5, 5.41) is 4.85. The van der Waals surface area contributed by atoms with Crippen LogP contribution in [0.25, 0.3) is 0 Å². The molecule has 8 heteroatoms. The third-order valence-corrected chi connectivity index (χ3v) is 5.73. The molecule has 0 radical (unpaired) electrons. The monoisotopic (exact) mass is 346 g/mol. The molecule has 0 aliphatic rings. The average molecular weight is 346 g/mol. The lowest BCUT2D eigenvalue weighted by atomic mass is 10.3. The van der Waals surface area contributed by atoms with Crippen molar-refractivity contribution in [2.45, 2.75) is 11.1 Å². The van der Waals surface area contributed by atoms with Crippen molar-refractivity contribution in [2.75, 3.05) is 10.0 Å². The molecule has 0 saturated carbocycles. The summed E-state index contributed by atoms with van der Waals surface area (Å²) in [4.78, 5) is 8.15. The fraction of sp³-hybridized carbons (Fsp3) is 0.0667. The van der Waals surface area contributed by atoms with E-state index in [-0.39, 0.29) is 4.21 Å². The molecule has 0 fully saturated rings. The highest BCUT2D eigenvalue weighted by Crippen LogP contribution is 2.23. The number of sulfonamides is 1. The number of nitrogens with one attached hydrogen (secondary N) is 2. The summed E-state index contributed by atoms with van der Waals surface area (Å²) in [5.74, 6) is 0.649. The highest BCUT2D eigenvalue weighted by Gasteiger charge is 2.15. The molecule has 2 aromatic heterocycles. The number of thiophene rings is 1. The second-order valence-corrected chi connectivity index (χ2v) is 7.64. The van der Waals surface area contributed by atoms with Crippen LogP contribution in [-0.4, -0.2) is 18.4 Å². The Morgan fingerprint density at radius 3 is 2.61 bits per heavy atom. The molecule has 0 bridgehead atoms. The third-order valence-electron chi connectivity index (χ3n) is 2.95. The molecule has 3 aromatic rings. The third kappa shape index (κ3) is 3.85. The summed E-state index contributed by atoms with van der Waals surface area (Å²) in [6.45, 7) is 1.87. The molecule has 0 amide bonds. The van der Waals surface area contributed by atoms with Gasteiger partial charge >= 0.3 is 0 Å². The lowest BCUT2D eigenvalue weighted by Crippen LogP contribution is -2.11. The summed E-state index contributed by atoms with van der Waals surface area (Å²) in [6.07, 6.45) is 1.47. The van der Waals surface area contributed by atoms with Gasteiger partial charge in [-0.05, 0) is 36.6 Å². The molecular weight excluding hydrogens is 332 g/mol. The maximum atomic E-state index is 12.2. The maximum Gasteiger partial charge on any atom is 0.271 e. The number of aromatic nitrogens is 2. The fourth-order valence-corrected chi connectivity index (χ4v) is 4.00. The molecular formula is C15H14N4O2S2. The van der Waals surface area contributed by atoms with Crippen LogP contribution in [0.2, 0.25) is 0 Å². The standard InChI is InChI=1S/C15H14N4O2S2/c1-11-8-14(17-10-16-11)18-12-4-2-5-13(9-12)19-23(20,21)15-6-3-7-22-15/h2-10,19H,1H3,(H,16,17,18).